The molecule has 100 valence electrons. The number of carbonyl (C=O) groups is 2. The molecule has 0 spiro atoms. The fourth-order valence-electron chi connectivity index (χ4n) is 1.07. The summed E-state index contributed by atoms with van der Waals surface area (Å²) in [5, 5.41) is 12.7. The monoisotopic (exact) mass is 301 g/mol. The highest BCUT2D eigenvalue weighted by Gasteiger charge is 2.03. The van der Waals surface area contributed by atoms with Crippen molar-refractivity contribution in [1.29, 1.82) is 0 Å². The van der Waals surface area contributed by atoms with Crippen LogP contribution in [0.25, 0.3) is 0 Å². The molecule has 0 aliphatic carbocycles. The average molecular weight is 302 g/mol. The zero-order valence-corrected chi connectivity index (χ0v) is 10.9. The molecule has 0 unspecified atom stereocenters. The van der Waals surface area contributed by atoms with E-state index < -0.39 is 11.9 Å². The third-order valence-corrected chi connectivity index (χ3v) is 2.26. The molecule has 0 aliphatic rings. The molecular formula is C11H9Cl2N3O3. The predicted molar refractivity (Wildman–Crippen MR) is 72.1 cm³/mol. The highest BCUT2D eigenvalue weighted by Crippen LogP contribution is 2.18. The van der Waals surface area contributed by atoms with Gasteiger partial charge in [0.05, 0.1) is 0 Å². The van der Waals surface area contributed by atoms with E-state index in [1.54, 1.807) is 0 Å². The van der Waals surface area contributed by atoms with Gasteiger partial charge in [-0.3, -0.25) is 4.79 Å². The summed E-state index contributed by atoms with van der Waals surface area (Å²) in [4.78, 5) is 21.3. The van der Waals surface area contributed by atoms with Crippen molar-refractivity contribution in [3.8, 4) is 0 Å². The number of amidine groups is 1. The second-order valence-electron chi connectivity index (χ2n) is 3.30. The third kappa shape index (κ3) is 5.41. The van der Waals surface area contributed by atoms with Crippen LogP contribution in [0, 0.1) is 0 Å². The van der Waals surface area contributed by atoms with Crippen molar-refractivity contribution < 1.29 is 14.7 Å². The van der Waals surface area contributed by atoms with E-state index in [2.05, 4.69) is 10.5 Å². The number of aliphatic carboxylic acids is 1. The molecule has 6 nitrogen and oxygen atoms in total. The fourth-order valence-corrected chi connectivity index (χ4v) is 1.59. The Balaban J connectivity index is 2.77. The SMILES string of the molecule is NC(=NNC(=O)C=CC(=O)O)c1cc(Cl)cc(Cl)c1. The van der Waals surface area contributed by atoms with Gasteiger partial charge in [0.25, 0.3) is 5.91 Å². The molecule has 0 aromatic heterocycles. The highest BCUT2D eigenvalue weighted by molar-refractivity contribution is 6.35. The Morgan fingerprint density at radius 3 is 2.32 bits per heavy atom. The molecule has 0 heterocycles. The van der Waals surface area contributed by atoms with Crippen LogP contribution in [0.3, 0.4) is 0 Å². The molecule has 0 fully saturated rings. The van der Waals surface area contributed by atoms with Crippen LogP contribution >= 0.6 is 23.2 Å². The minimum absolute atomic E-state index is 0.0125. The van der Waals surface area contributed by atoms with Crippen LogP contribution in [0.1, 0.15) is 5.56 Å². The van der Waals surface area contributed by atoms with Gasteiger partial charge in [0.1, 0.15) is 0 Å². The van der Waals surface area contributed by atoms with Gasteiger partial charge < -0.3 is 10.8 Å². The number of halogens is 2. The quantitative estimate of drug-likeness (QED) is 0.338. The maximum Gasteiger partial charge on any atom is 0.328 e. The number of carboxylic acid groups (broad SMARTS) is 1. The number of rotatable bonds is 4. The molecule has 0 saturated carbocycles. The molecule has 0 aliphatic heterocycles. The van der Waals surface area contributed by atoms with Crippen molar-refractivity contribution >= 4 is 40.9 Å². The van der Waals surface area contributed by atoms with E-state index in [4.69, 9.17) is 34.0 Å². The van der Waals surface area contributed by atoms with Gasteiger partial charge in [-0.25, -0.2) is 10.2 Å². The largest absolute Gasteiger partial charge is 0.478 e. The van der Waals surface area contributed by atoms with Crippen LogP contribution in [-0.4, -0.2) is 22.8 Å². The Morgan fingerprint density at radius 2 is 1.79 bits per heavy atom. The topological polar surface area (TPSA) is 105 Å². The van der Waals surface area contributed by atoms with E-state index >= 15 is 0 Å². The van der Waals surface area contributed by atoms with Crippen molar-refractivity contribution in [1.82, 2.24) is 5.43 Å². The van der Waals surface area contributed by atoms with Gasteiger partial charge in [-0.15, -0.1) is 0 Å². The van der Waals surface area contributed by atoms with Gasteiger partial charge in [-0.1, -0.05) is 23.2 Å². The van der Waals surface area contributed by atoms with Crippen LogP contribution in [0.15, 0.2) is 35.5 Å². The molecule has 1 amide bonds. The van der Waals surface area contributed by atoms with Gasteiger partial charge in [0, 0.05) is 27.8 Å². The molecular weight excluding hydrogens is 293 g/mol. The fraction of sp³-hybridized carbons (Fsp3) is 0. The molecule has 1 rings (SSSR count). The molecule has 1 aromatic carbocycles. The lowest BCUT2D eigenvalue weighted by Crippen LogP contribution is -2.22. The van der Waals surface area contributed by atoms with Gasteiger partial charge in [0.15, 0.2) is 5.84 Å². The molecule has 8 heteroatoms. The highest BCUT2D eigenvalue weighted by atomic mass is 35.5. The summed E-state index contributed by atoms with van der Waals surface area (Å²) in [6.07, 6.45) is 1.49. The summed E-state index contributed by atoms with van der Waals surface area (Å²) in [5.41, 5.74) is 8.11. The summed E-state index contributed by atoms with van der Waals surface area (Å²) in [5.74, 6) is -1.98. The third-order valence-electron chi connectivity index (χ3n) is 1.82. The lowest BCUT2D eigenvalue weighted by molar-refractivity contribution is -0.131. The number of amides is 1. The maximum absolute atomic E-state index is 11.1. The Bertz CT molecular complexity index is 550. The average Bonchev–Trinajstić information content (AvgIpc) is 2.32. The molecule has 4 N–H and O–H groups in total. The zero-order valence-electron chi connectivity index (χ0n) is 9.43. The van der Waals surface area contributed by atoms with Crippen LogP contribution in [0.2, 0.25) is 10.0 Å². The Hall–Kier alpha value is -2.05. The van der Waals surface area contributed by atoms with Crippen molar-refractivity contribution in [2.24, 2.45) is 10.8 Å². The summed E-state index contributed by atoms with van der Waals surface area (Å²) in [6, 6.07) is 4.56. The number of hydrazone groups is 1. The first-order valence-electron chi connectivity index (χ1n) is 4.89. The lowest BCUT2D eigenvalue weighted by atomic mass is 10.2. The first-order chi connectivity index (χ1) is 8.88. The van der Waals surface area contributed by atoms with E-state index in [-0.39, 0.29) is 5.84 Å². The summed E-state index contributed by atoms with van der Waals surface area (Å²) in [6.45, 7) is 0. The lowest BCUT2D eigenvalue weighted by Gasteiger charge is -2.02. The Morgan fingerprint density at radius 1 is 1.21 bits per heavy atom. The normalized spacial score (nSPS) is 11.6. The Labute approximate surface area is 118 Å². The smallest absolute Gasteiger partial charge is 0.328 e. The maximum atomic E-state index is 11.1. The van der Waals surface area contributed by atoms with Gasteiger partial charge >= 0.3 is 5.97 Å². The summed E-state index contributed by atoms with van der Waals surface area (Å²) in [7, 11) is 0. The van der Waals surface area contributed by atoms with Crippen molar-refractivity contribution in [3.05, 3.63) is 46.0 Å². The van der Waals surface area contributed by atoms with Gasteiger partial charge in [-0.05, 0) is 18.2 Å². The molecule has 0 saturated heterocycles. The van der Waals surface area contributed by atoms with E-state index in [9.17, 15) is 9.59 Å². The van der Waals surface area contributed by atoms with E-state index in [0.717, 1.165) is 6.08 Å². The minimum atomic E-state index is -1.24. The standard InChI is InChI=1S/C11H9Cl2N3O3/c12-7-3-6(4-8(13)5-7)11(14)16-15-9(17)1-2-10(18)19/h1-5H,(H2,14,16)(H,15,17)(H,18,19). The van der Waals surface area contributed by atoms with E-state index in [0.29, 0.717) is 21.7 Å². The molecule has 1 aromatic rings. The Kier molecular flexibility index (Phi) is 5.35. The number of benzene rings is 1. The second kappa shape index (κ2) is 6.77. The van der Waals surface area contributed by atoms with Crippen molar-refractivity contribution in [2.75, 3.05) is 0 Å². The van der Waals surface area contributed by atoms with Gasteiger partial charge in [0.2, 0.25) is 0 Å². The number of hydrogen-bond donors (Lipinski definition) is 3. The summed E-state index contributed by atoms with van der Waals surface area (Å²) < 4.78 is 0. The molecule has 0 atom stereocenters. The first kappa shape index (κ1) is 15.0. The van der Waals surface area contributed by atoms with Crippen LogP contribution < -0.4 is 11.2 Å². The minimum Gasteiger partial charge on any atom is -0.478 e. The molecule has 0 bridgehead atoms. The summed E-state index contributed by atoms with van der Waals surface area (Å²) >= 11 is 11.6. The van der Waals surface area contributed by atoms with Crippen molar-refractivity contribution in [2.45, 2.75) is 0 Å². The predicted octanol–water partition coefficient (Wildman–Crippen LogP) is 1.37. The van der Waals surface area contributed by atoms with Crippen molar-refractivity contribution in [3.63, 3.8) is 0 Å². The van der Waals surface area contributed by atoms with E-state index in [1.807, 2.05) is 0 Å². The number of nitrogens with one attached hydrogen (secondary N) is 1. The number of carbonyl (C=O) groups excluding carboxylic acids is 1. The molecule has 19 heavy (non-hydrogen) atoms. The van der Waals surface area contributed by atoms with E-state index in [1.165, 1.54) is 18.2 Å². The number of nitrogens with two attached hydrogens (primary N) is 1. The van der Waals surface area contributed by atoms with Crippen LogP contribution in [0.4, 0.5) is 0 Å². The second-order valence-corrected chi connectivity index (χ2v) is 4.18. The number of carboxylic acids is 1. The van der Waals surface area contributed by atoms with Crippen LogP contribution in [0.5, 0.6) is 0 Å². The number of hydrogen-bond acceptors (Lipinski definition) is 3. The van der Waals surface area contributed by atoms with Gasteiger partial charge in [-0.2, -0.15) is 5.10 Å². The first-order valence-corrected chi connectivity index (χ1v) is 5.64. The number of nitrogens with zero attached hydrogens (tertiary/aromatic N) is 1. The molecule has 0 radical (unpaired) electrons. The zero-order chi connectivity index (χ0) is 14.4. The van der Waals surface area contributed by atoms with Crippen LogP contribution in [-0.2, 0) is 9.59 Å².